The topological polar surface area (TPSA) is 70.7 Å². The van der Waals surface area contributed by atoms with Crippen LogP contribution in [0.4, 0.5) is 0 Å². The lowest BCUT2D eigenvalue weighted by Gasteiger charge is -2.35. The summed E-state index contributed by atoms with van der Waals surface area (Å²) >= 11 is 0. The fourth-order valence-electron chi connectivity index (χ4n) is 3.56. The lowest BCUT2D eigenvalue weighted by molar-refractivity contribution is -0.141. The van der Waals surface area contributed by atoms with Gasteiger partial charge in [0.05, 0.1) is 7.11 Å². The van der Waals surface area contributed by atoms with Crippen LogP contribution in [-0.4, -0.2) is 49.5 Å². The van der Waals surface area contributed by atoms with Crippen molar-refractivity contribution in [2.75, 3.05) is 26.7 Å². The van der Waals surface area contributed by atoms with E-state index in [1.54, 1.807) is 12.0 Å². The molecule has 2 aromatic carbocycles. The Hall–Kier alpha value is -2.86. The van der Waals surface area contributed by atoms with E-state index in [1.165, 1.54) is 5.56 Å². The average Bonchev–Trinajstić information content (AvgIpc) is 2.78. The summed E-state index contributed by atoms with van der Waals surface area (Å²) < 4.78 is 5.22. The van der Waals surface area contributed by atoms with E-state index in [4.69, 9.17) is 4.74 Å². The highest BCUT2D eigenvalue weighted by molar-refractivity contribution is 5.88. The van der Waals surface area contributed by atoms with Gasteiger partial charge in [0.2, 0.25) is 11.8 Å². The van der Waals surface area contributed by atoms with Gasteiger partial charge in [-0.1, -0.05) is 42.5 Å². The summed E-state index contributed by atoms with van der Waals surface area (Å²) in [6.07, 6.45) is 2.10. The highest BCUT2D eigenvalue weighted by atomic mass is 16.5. The lowest BCUT2D eigenvalue weighted by atomic mass is 10.1. The van der Waals surface area contributed by atoms with Gasteiger partial charge in [-0.15, -0.1) is 0 Å². The molecule has 1 atom stereocenters. The Morgan fingerprint density at radius 2 is 1.93 bits per heavy atom. The first-order valence-electron chi connectivity index (χ1n) is 10.1. The van der Waals surface area contributed by atoms with Crippen LogP contribution in [0.5, 0.6) is 5.75 Å². The molecule has 0 saturated carbocycles. The molecular weight excluding hydrogens is 366 g/mol. The highest BCUT2D eigenvalue weighted by Gasteiger charge is 2.31. The average molecular weight is 396 g/mol. The third-order valence-corrected chi connectivity index (χ3v) is 5.17. The van der Waals surface area contributed by atoms with Crippen molar-refractivity contribution in [3.63, 3.8) is 0 Å². The molecule has 0 aromatic heterocycles. The summed E-state index contributed by atoms with van der Waals surface area (Å²) in [5.74, 6) is 0.673. The molecule has 0 aliphatic carbocycles. The molecule has 1 aliphatic rings. The number of nitrogens with one attached hydrogen (secondary N) is 2. The van der Waals surface area contributed by atoms with E-state index >= 15 is 0 Å². The molecule has 2 N–H and O–H groups in total. The summed E-state index contributed by atoms with van der Waals surface area (Å²) in [4.78, 5) is 27.2. The molecule has 1 heterocycles. The Kier molecular flexibility index (Phi) is 7.64. The van der Waals surface area contributed by atoms with Gasteiger partial charge in [0, 0.05) is 32.6 Å². The van der Waals surface area contributed by atoms with Crippen LogP contribution in [0.1, 0.15) is 24.0 Å². The molecule has 6 heteroatoms. The SMILES string of the molecule is COc1cccc(CNC(=O)[C@H]2CNCCN2C(=O)CCCc2ccccc2)c1. The van der Waals surface area contributed by atoms with Crippen LogP contribution in [0.3, 0.4) is 0 Å². The molecular formula is C23H29N3O3. The maximum atomic E-state index is 12.8. The maximum Gasteiger partial charge on any atom is 0.244 e. The van der Waals surface area contributed by atoms with Gasteiger partial charge in [0.15, 0.2) is 0 Å². The van der Waals surface area contributed by atoms with E-state index < -0.39 is 6.04 Å². The second kappa shape index (κ2) is 10.6. The zero-order valence-corrected chi connectivity index (χ0v) is 16.9. The quantitative estimate of drug-likeness (QED) is 0.718. The van der Waals surface area contributed by atoms with Crippen molar-refractivity contribution in [2.24, 2.45) is 0 Å². The number of benzene rings is 2. The zero-order chi connectivity index (χ0) is 20.5. The first-order valence-corrected chi connectivity index (χ1v) is 10.1. The number of hydrogen-bond acceptors (Lipinski definition) is 4. The molecule has 2 amide bonds. The Morgan fingerprint density at radius 1 is 1.14 bits per heavy atom. The first-order chi connectivity index (χ1) is 14.2. The van der Waals surface area contributed by atoms with Crippen molar-refractivity contribution < 1.29 is 14.3 Å². The highest BCUT2D eigenvalue weighted by Crippen LogP contribution is 2.13. The monoisotopic (exact) mass is 395 g/mol. The van der Waals surface area contributed by atoms with Crippen LogP contribution in [0.15, 0.2) is 54.6 Å². The smallest absolute Gasteiger partial charge is 0.244 e. The Bertz CT molecular complexity index is 810. The third-order valence-electron chi connectivity index (χ3n) is 5.17. The molecule has 1 aliphatic heterocycles. The van der Waals surface area contributed by atoms with Gasteiger partial charge in [-0.2, -0.15) is 0 Å². The molecule has 6 nitrogen and oxygen atoms in total. The Balaban J connectivity index is 1.52. The largest absolute Gasteiger partial charge is 0.497 e. The van der Waals surface area contributed by atoms with E-state index in [0.717, 1.165) is 24.2 Å². The molecule has 1 fully saturated rings. The molecule has 0 bridgehead atoms. The number of carbonyl (C=O) groups is 2. The van der Waals surface area contributed by atoms with Gasteiger partial charge < -0.3 is 20.3 Å². The van der Waals surface area contributed by atoms with Crippen LogP contribution in [0, 0.1) is 0 Å². The molecule has 29 heavy (non-hydrogen) atoms. The molecule has 0 spiro atoms. The summed E-state index contributed by atoms with van der Waals surface area (Å²) in [6, 6.07) is 17.3. The molecule has 1 saturated heterocycles. The number of aryl methyl sites for hydroxylation is 1. The van der Waals surface area contributed by atoms with Crippen molar-refractivity contribution in [3.05, 3.63) is 65.7 Å². The van der Waals surface area contributed by atoms with Crippen LogP contribution < -0.4 is 15.4 Å². The maximum absolute atomic E-state index is 12.8. The van der Waals surface area contributed by atoms with Crippen molar-refractivity contribution in [3.8, 4) is 5.75 Å². The molecule has 154 valence electrons. The number of ether oxygens (including phenoxy) is 1. The Morgan fingerprint density at radius 3 is 2.72 bits per heavy atom. The first kappa shape index (κ1) is 20.9. The van der Waals surface area contributed by atoms with Crippen LogP contribution >= 0.6 is 0 Å². The fourth-order valence-corrected chi connectivity index (χ4v) is 3.56. The minimum atomic E-state index is -0.474. The van der Waals surface area contributed by atoms with E-state index in [0.29, 0.717) is 32.6 Å². The van der Waals surface area contributed by atoms with E-state index in [9.17, 15) is 9.59 Å². The number of rotatable bonds is 8. The van der Waals surface area contributed by atoms with Gasteiger partial charge in [0.25, 0.3) is 0 Å². The molecule has 0 unspecified atom stereocenters. The third kappa shape index (κ3) is 6.06. The van der Waals surface area contributed by atoms with Crippen molar-refractivity contribution in [2.45, 2.75) is 31.8 Å². The number of piperazine rings is 1. The van der Waals surface area contributed by atoms with Crippen molar-refractivity contribution >= 4 is 11.8 Å². The standard InChI is InChI=1S/C23H29N3O3/c1-29-20-11-5-10-19(15-20)16-25-23(28)21-17-24-13-14-26(21)22(27)12-6-9-18-7-3-2-4-8-18/h2-5,7-8,10-11,15,21,24H,6,9,12-14,16-17H2,1H3,(H,25,28)/t21-/m1/s1. The second-order valence-corrected chi connectivity index (χ2v) is 7.22. The van der Waals surface area contributed by atoms with E-state index in [1.807, 2.05) is 42.5 Å². The molecule has 2 aromatic rings. The van der Waals surface area contributed by atoms with Crippen LogP contribution in [0.2, 0.25) is 0 Å². The second-order valence-electron chi connectivity index (χ2n) is 7.22. The van der Waals surface area contributed by atoms with Gasteiger partial charge in [-0.3, -0.25) is 9.59 Å². The number of carbonyl (C=O) groups excluding carboxylic acids is 2. The lowest BCUT2D eigenvalue weighted by Crippen LogP contribution is -2.59. The minimum Gasteiger partial charge on any atom is -0.497 e. The fraction of sp³-hybridized carbons (Fsp3) is 0.391. The van der Waals surface area contributed by atoms with Crippen molar-refractivity contribution in [1.29, 1.82) is 0 Å². The summed E-state index contributed by atoms with van der Waals surface area (Å²) in [7, 11) is 1.62. The van der Waals surface area contributed by atoms with Crippen molar-refractivity contribution in [1.82, 2.24) is 15.5 Å². The number of amides is 2. The van der Waals surface area contributed by atoms with Crippen LogP contribution in [0.25, 0.3) is 0 Å². The van der Waals surface area contributed by atoms with Gasteiger partial charge in [-0.05, 0) is 36.1 Å². The summed E-state index contributed by atoms with van der Waals surface area (Å²) in [6.45, 7) is 2.16. The van der Waals surface area contributed by atoms with Crippen LogP contribution in [-0.2, 0) is 22.6 Å². The minimum absolute atomic E-state index is 0.0453. The van der Waals surface area contributed by atoms with E-state index in [2.05, 4.69) is 22.8 Å². The predicted octanol–water partition coefficient (Wildman–Crippen LogP) is 2.13. The van der Waals surface area contributed by atoms with Gasteiger partial charge in [0.1, 0.15) is 11.8 Å². The molecule has 0 radical (unpaired) electrons. The van der Waals surface area contributed by atoms with E-state index in [-0.39, 0.29) is 11.8 Å². The molecule has 3 rings (SSSR count). The zero-order valence-electron chi connectivity index (χ0n) is 16.9. The van der Waals surface area contributed by atoms with Gasteiger partial charge >= 0.3 is 0 Å². The summed E-state index contributed by atoms with van der Waals surface area (Å²) in [5, 5.41) is 6.18. The number of nitrogens with zero attached hydrogens (tertiary/aromatic N) is 1. The predicted molar refractivity (Wildman–Crippen MR) is 113 cm³/mol. The normalized spacial score (nSPS) is 16.3. The Labute approximate surface area is 172 Å². The summed E-state index contributed by atoms with van der Waals surface area (Å²) in [5.41, 5.74) is 2.19. The number of hydrogen-bond donors (Lipinski definition) is 2. The number of methoxy groups -OCH3 is 1. The van der Waals surface area contributed by atoms with Gasteiger partial charge in [-0.25, -0.2) is 0 Å².